The third-order valence-electron chi connectivity index (χ3n) is 4.79. The van der Waals surface area contributed by atoms with E-state index in [4.69, 9.17) is 4.74 Å². The van der Waals surface area contributed by atoms with E-state index in [9.17, 15) is 25.0 Å². The van der Waals surface area contributed by atoms with Crippen LogP contribution in [0.3, 0.4) is 0 Å². The van der Waals surface area contributed by atoms with Gasteiger partial charge in [0.1, 0.15) is 12.4 Å². The number of non-ortho nitro benzene ring substituents is 2. The highest BCUT2D eigenvalue weighted by Gasteiger charge is 2.13. The molecule has 1 aromatic heterocycles. The first-order chi connectivity index (χ1) is 16.8. The normalized spacial score (nSPS) is 11.0. The van der Waals surface area contributed by atoms with E-state index in [0.29, 0.717) is 21.6 Å². The van der Waals surface area contributed by atoms with E-state index in [1.807, 2.05) is 6.07 Å². The lowest BCUT2D eigenvalue weighted by atomic mass is 10.2. The maximum atomic E-state index is 12.4. The van der Waals surface area contributed by atoms with Crippen molar-refractivity contribution in [2.75, 3.05) is 0 Å². The first kappa shape index (κ1) is 24.2. The van der Waals surface area contributed by atoms with Crippen molar-refractivity contribution in [1.82, 2.24) is 5.43 Å². The molecule has 0 bridgehead atoms. The molecule has 4 aromatic rings. The number of nitro benzene ring substituents is 2. The summed E-state index contributed by atoms with van der Waals surface area (Å²) in [5, 5.41) is 26.4. The molecule has 0 atom stereocenters. The lowest BCUT2D eigenvalue weighted by molar-refractivity contribution is -0.385. The van der Waals surface area contributed by atoms with Crippen LogP contribution in [0.1, 0.15) is 20.8 Å². The Bertz CT molecular complexity index is 1490. The lowest BCUT2D eigenvalue weighted by Crippen LogP contribution is -2.16. The zero-order valence-corrected chi connectivity index (χ0v) is 20.7. The van der Waals surface area contributed by atoms with Gasteiger partial charge < -0.3 is 4.74 Å². The molecule has 0 radical (unpaired) electrons. The van der Waals surface area contributed by atoms with E-state index in [0.717, 1.165) is 13.8 Å². The van der Waals surface area contributed by atoms with Gasteiger partial charge in [-0.2, -0.15) is 5.10 Å². The number of halogens is 1. The average Bonchev–Trinajstić information content (AvgIpc) is 3.27. The number of nitrogens with zero attached hydrogens (tertiary/aromatic N) is 3. The number of nitrogens with one attached hydrogen (secondary N) is 1. The Morgan fingerprint density at radius 2 is 1.80 bits per heavy atom. The standard InChI is InChI=1S/C23H15IN4O6S/c24-19-9-14(4-6-20(19)34-13-15-2-1-3-17(8-15)27(30)31)12-25-26-23(29)22-11-16-10-18(28(32)33)5-7-21(16)35-22/h1-12H,13H2,(H,26,29)/b25-12-. The largest absolute Gasteiger partial charge is 0.488 e. The number of hydrogen-bond donors (Lipinski definition) is 1. The molecule has 0 spiro atoms. The molecule has 12 heteroatoms. The summed E-state index contributed by atoms with van der Waals surface area (Å²) in [6.45, 7) is 0.180. The molecular weight excluding hydrogens is 587 g/mol. The van der Waals surface area contributed by atoms with E-state index in [-0.39, 0.29) is 18.0 Å². The van der Waals surface area contributed by atoms with Crippen LogP contribution in [0.25, 0.3) is 10.1 Å². The predicted molar refractivity (Wildman–Crippen MR) is 140 cm³/mol. The molecule has 0 unspecified atom stereocenters. The van der Waals surface area contributed by atoms with Crippen LogP contribution in [0.5, 0.6) is 5.75 Å². The van der Waals surface area contributed by atoms with Gasteiger partial charge in [0.2, 0.25) is 0 Å². The van der Waals surface area contributed by atoms with Crippen LogP contribution in [-0.2, 0) is 6.61 Å². The van der Waals surface area contributed by atoms with Crippen molar-refractivity contribution in [2.24, 2.45) is 5.10 Å². The Kier molecular flexibility index (Phi) is 7.31. The van der Waals surface area contributed by atoms with Gasteiger partial charge in [-0.05, 0) is 64.0 Å². The second kappa shape index (κ2) is 10.6. The Hall–Kier alpha value is -3.91. The van der Waals surface area contributed by atoms with Crippen LogP contribution < -0.4 is 10.2 Å². The van der Waals surface area contributed by atoms with Gasteiger partial charge in [-0.25, -0.2) is 5.43 Å². The third kappa shape index (κ3) is 5.96. The number of carbonyl (C=O) groups excluding carboxylic acids is 1. The van der Waals surface area contributed by atoms with Gasteiger partial charge >= 0.3 is 0 Å². The lowest BCUT2D eigenvalue weighted by Gasteiger charge is -2.09. The van der Waals surface area contributed by atoms with Gasteiger partial charge in [0, 0.05) is 34.4 Å². The molecular formula is C23H15IN4O6S. The summed E-state index contributed by atoms with van der Waals surface area (Å²) in [7, 11) is 0. The smallest absolute Gasteiger partial charge is 0.281 e. The number of rotatable bonds is 8. The second-order valence-electron chi connectivity index (χ2n) is 7.19. The molecule has 1 amide bonds. The highest BCUT2D eigenvalue weighted by atomic mass is 127. The SMILES string of the molecule is O=C(N/N=C\c1ccc(OCc2cccc([N+](=O)[O-])c2)c(I)c1)c1cc2cc([N+](=O)[O-])ccc2s1. The van der Waals surface area contributed by atoms with Crippen molar-refractivity contribution in [3.8, 4) is 5.75 Å². The monoisotopic (exact) mass is 602 g/mol. The van der Waals surface area contributed by atoms with E-state index < -0.39 is 15.8 Å². The average molecular weight is 602 g/mol. The van der Waals surface area contributed by atoms with E-state index >= 15 is 0 Å². The third-order valence-corrected chi connectivity index (χ3v) is 6.74. The zero-order valence-electron chi connectivity index (χ0n) is 17.7. The minimum atomic E-state index is -0.480. The van der Waals surface area contributed by atoms with Crippen molar-refractivity contribution < 1.29 is 19.4 Å². The van der Waals surface area contributed by atoms with E-state index in [2.05, 4.69) is 33.1 Å². The Balaban J connectivity index is 1.37. The number of amides is 1. The quantitative estimate of drug-likeness (QED) is 0.120. The van der Waals surface area contributed by atoms with Crippen molar-refractivity contribution in [3.05, 3.63) is 107 Å². The van der Waals surface area contributed by atoms with Gasteiger partial charge in [-0.1, -0.05) is 12.1 Å². The molecule has 0 saturated heterocycles. The Labute approximate surface area is 215 Å². The second-order valence-corrected chi connectivity index (χ2v) is 9.44. The minimum Gasteiger partial charge on any atom is -0.488 e. The number of fused-ring (bicyclic) bond motifs is 1. The minimum absolute atomic E-state index is 0.00589. The summed E-state index contributed by atoms with van der Waals surface area (Å²) in [5.74, 6) is 0.189. The summed E-state index contributed by atoms with van der Waals surface area (Å²) >= 11 is 3.33. The number of hydrazone groups is 1. The summed E-state index contributed by atoms with van der Waals surface area (Å²) in [4.78, 5) is 33.7. The van der Waals surface area contributed by atoms with Gasteiger partial charge in [-0.3, -0.25) is 25.0 Å². The molecule has 0 aliphatic heterocycles. The molecule has 4 rings (SSSR count). The number of ether oxygens (including phenoxy) is 1. The zero-order chi connectivity index (χ0) is 24.9. The molecule has 0 aliphatic rings. The van der Waals surface area contributed by atoms with Gasteiger partial charge in [0.25, 0.3) is 17.3 Å². The molecule has 1 N–H and O–H groups in total. The topological polar surface area (TPSA) is 137 Å². The first-order valence-electron chi connectivity index (χ1n) is 9.97. The molecule has 0 aliphatic carbocycles. The predicted octanol–water partition coefficient (Wildman–Crippen LogP) is 5.67. The number of carbonyl (C=O) groups is 1. The number of thiophene rings is 1. The molecule has 176 valence electrons. The van der Waals surface area contributed by atoms with Crippen LogP contribution >= 0.6 is 33.9 Å². The molecule has 35 heavy (non-hydrogen) atoms. The van der Waals surface area contributed by atoms with E-state index in [1.165, 1.54) is 41.8 Å². The number of hydrogen-bond acceptors (Lipinski definition) is 8. The molecule has 0 saturated carbocycles. The van der Waals surface area contributed by atoms with Crippen LogP contribution in [-0.4, -0.2) is 22.0 Å². The summed E-state index contributed by atoms with van der Waals surface area (Å²) in [6.07, 6.45) is 1.49. The molecule has 3 aromatic carbocycles. The van der Waals surface area contributed by atoms with Crippen molar-refractivity contribution in [3.63, 3.8) is 0 Å². The summed E-state index contributed by atoms with van der Waals surface area (Å²) in [6, 6.07) is 17.6. The van der Waals surface area contributed by atoms with Gasteiger partial charge in [-0.15, -0.1) is 11.3 Å². The van der Waals surface area contributed by atoms with Gasteiger partial charge in [0.05, 0.1) is 24.5 Å². The van der Waals surface area contributed by atoms with Crippen molar-refractivity contribution >= 4 is 67.5 Å². The fraction of sp³-hybridized carbons (Fsp3) is 0.0435. The first-order valence-corrected chi connectivity index (χ1v) is 11.9. The number of benzene rings is 3. The maximum Gasteiger partial charge on any atom is 0.281 e. The molecule has 0 fully saturated rings. The van der Waals surface area contributed by atoms with Crippen molar-refractivity contribution in [1.29, 1.82) is 0 Å². The van der Waals surface area contributed by atoms with Crippen LogP contribution in [0.2, 0.25) is 0 Å². The Morgan fingerprint density at radius 1 is 1.03 bits per heavy atom. The summed E-state index contributed by atoms with van der Waals surface area (Å²) in [5.41, 5.74) is 3.84. The van der Waals surface area contributed by atoms with Crippen LogP contribution in [0.15, 0.2) is 71.8 Å². The summed E-state index contributed by atoms with van der Waals surface area (Å²) < 4.78 is 7.34. The van der Waals surface area contributed by atoms with Crippen LogP contribution in [0, 0.1) is 23.8 Å². The van der Waals surface area contributed by atoms with E-state index in [1.54, 1.807) is 36.4 Å². The van der Waals surface area contributed by atoms with Crippen molar-refractivity contribution in [2.45, 2.75) is 6.61 Å². The molecule has 10 nitrogen and oxygen atoms in total. The fourth-order valence-electron chi connectivity index (χ4n) is 3.11. The Morgan fingerprint density at radius 3 is 2.54 bits per heavy atom. The number of nitro groups is 2. The van der Waals surface area contributed by atoms with Gasteiger partial charge in [0.15, 0.2) is 0 Å². The van der Waals surface area contributed by atoms with Crippen LogP contribution in [0.4, 0.5) is 11.4 Å². The maximum absolute atomic E-state index is 12.4. The fourth-order valence-corrected chi connectivity index (χ4v) is 4.74. The highest BCUT2D eigenvalue weighted by molar-refractivity contribution is 14.1. The highest BCUT2D eigenvalue weighted by Crippen LogP contribution is 2.29. The molecule has 1 heterocycles.